The fourth-order valence-electron chi connectivity index (χ4n) is 1.89. The lowest BCUT2D eigenvalue weighted by atomic mass is 9.92. The summed E-state index contributed by atoms with van der Waals surface area (Å²) in [4.78, 5) is 4.55. The van der Waals surface area contributed by atoms with Gasteiger partial charge in [-0.25, -0.2) is 5.90 Å². The maximum absolute atomic E-state index is 8.98. The number of nitrogens with two attached hydrogens (primary N) is 1. The molecule has 11 heavy (non-hydrogen) atoms. The van der Waals surface area contributed by atoms with Gasteiger partial charge in [-0.05, 0) is 5.92 Å². The van der Waals surface area contributed by atoms with Crippen molar-refractivity contribution in [2.24, 2.45) is 17.7 Å². The van der Waals surface area contributed by atoms with Gasteiger partial charge in [0.1, 0.15) is 0 Å². The van der Waals surface area contributed by atoms with Gasteiger partial charge in [0.2, 0.25) is 0 Å². The Labute approximate surface area is 67.5 Å². The molecule has 1 saturated carbocycles. The molecule has 1 aliphatic rings. The van der Waals surface area contributed by atoms with Crippen LogP contribution in [0.2, 0.25) is 0 Å². The second kappa shape index (κ2) is 4.70. The molecule has 0 saturated heterocycles. The summed E-state index contributed by atoms with van der Waals surface area (Å²) in [5.41, 5.74) is 0. The van der Waals surface area contributed by atoms with E-state index in [4.69, 9.17) is 11.0 Å². The first-order valence-electron chi connectivity index (χ1n) is 4.31. The lowest BCUT2D eigenvalue weighted by Crippen LogP contribution is -2.23. The fraction of sp³-hybridized carbons (Fsp3) is 1.00. The molecule has 0 bridgehead atoms. The van der Waals surface area contributed by atoms with Crippen molar-refractivity contribution in [1.82, 2.24) is 0 Å². The van der Waals surface area contributed by atoms with Crippen molar-refractivity contribution < 1.29 is 9.94 Å². The lowest BCUT2D eigenvalue weighted by molar-refractivity contribution is 0.0477. The van der Waals surface area contributed by atoms with Gasteiger partial charge in [0.15, 0.2) is 0 Å². The zero-order chi connectivity index (χ0) is 8.10. The smallest absolute Gasteiger partial charge is 0.0731 e. The monoisotopic (exact) mass is 159 g/mol. The van der Waals surface area contributed by atoms with Crippen LogP contribution in [0.3, 0.4) is 0 Å². The molecule has 0 aromatic carbocycles. The predicted octanol–water partition coefficient (Wildman–Crippen LogP) is 0.675. The van der Waals surface area contributed by atoms with Gasteiger partial charge in [-0.2, -0.15) is 0 Å². The molecule has 66 valence electrons. The Morgan fingerprint density at radius 2 is 2.09 bits per heavy atom. The third-order valence-electron chi connectivity index (χ3n) is 2.61. The summed E-state index contributed by atoms with van der Waals surface area (Å²) in [7, 11) is 0. The Kier molecular flexibility index (Phi) is 3.83. The van der Waals surface area contributed by atoms with E-state index in [2.05, 4.69) is 4.84 Å². The fourth-order valence-corrected chi connectivity index (χ4v) is 1.89. The molecule has 1 fully saturated rings. The molecule has 3 N–H and O–H groups in total. The molecule has 0 aliphatic heterocycles. The molecular formula is C8H17NO2. The molecule has 0 aromatic rings. The highest BCUT2D eigenvalue weighted by Crippen LogP contribution is 2.31. The van der Waals surface area contributed by atoms with Gasteiger partial charge < -0.3 is 9.94 Å². The molecule has 1 aliphatic carbocycles. The zero-order valence-electron chi connectivity index (χ0n) is 6.83. The van der Waals surface area contributed by atoms with Gasteiger partial charge in [-0.15, -0.1) is 0 Å². The van der Waals surface area contributed by atoms with Crippen LogP contribution in [0.5, 0.6) is 0 Å². The van der Waals surface area contributed by atoms with Gasteiger partial charge in [0.25, 0.3) is 0 Å². The highest BCUT2D eigenvalue weighted by Gasteiger charge is 2.24. The van der Waals surface area contributed by atoms with Crippen LogP contribution in [-0.4, -0.2) is 18.3 Å². The van der Waals surface area contributed by atoms with E-state index in [9.17, 15) is 0 Å². The first kappa shape index (κ1) is 8.97. The Balaban J connectivity index is 2.27. The number of hydrogen-bond donors (Lipinski definition) is 2. The van der Waals surface area contributed by atoms with Crippen LogP contribution < -0.4 is 5.90 Å². The van der Waals surface area contributed by atoms with E-state index in [-0.39, 0.29) is 12.5 Å². The average Bonchev–Trinajstić information content (AvgIpc) is 2.52. The van der Waals surface area contributed by atoms with Crippen LogP contribution in [0.25, 0.3) is 0 Å². The van der Waals surface area contributed by atoms with Crippen molar-refractivity contribution in [3.8, 4) is 0 Å². The van der Waals surface area contributed by atoms with E-state index in [1.165, 1.54) is 25.7 Å². The summed E-state index contributed by atoms with van der Waals surface area (Å²) in [5, 5.41) is 8.98. The van der Waals surface area contributed by atoms with Gasteiger partial charge >= 0.3 is 0 Å². The van der Waals surface area contributed by atoms with Gasteiger partial charge in [-0.3, -0.25) is 0 Å². The van der Waals surface area contributed by atoms with E-state index in [1.807, 2.05) is 0 Å². The standard InChI is InChI=1S/C8H17NO2/c9-11-6-8(5-10)7-3-1-2-4-7/h7-8,10H,1-6,9H2. The van der Waals surface area contributed by atoms with E-state index >= 15 is 0 Å². The number of hydrogen-bond acceptors (Lipinski definition) is 3. The minimum absolute atomic E-state index is 0.210. The third-order valence-corrected chi connectivity index (χ3v) is 2.61. The summed E-state index contributed by atoms with van der Waals surface area (Å²) in [6.07, 6.45) is 5.06. The second-order valence-corrected chi connectivity index (χ2v) is 3.32. The molecule has 0 aromatic heterocycles. The number of rotatable bonds is 4. The van der Waals surface area contributed by atoms with Crippen LogP contribution in [0.4, 0.5) is 0 Å². The normalized spacial score (nSPS) is 22.4. The van der Waals surface area contributed by atoms with Crippen molar-refractivity contribution in [1.29, 1.82) is 0 Å². The Morgan fingerprint density at radius 1 is 1.45 bits per heavy atom. The Bertz CT molecular complexity index is 102. The molecule has 0 radical (unpaired) electrons. The molecule has 3 nitrogen and oxygen atoms in total. The van der Waals surface area contributed by atoms with Crippen molar-refractivity contribution >= 4 is 0 Å². The van der Waals surface area contributed by atoms with Crippen LogP contribution in [0.1, 0.15) is 25.7 Å². The largest absolute Gasteiger partial charge is 0.396 e. The summed E-state index contributed by atoms with van der Waals surface area (Å²) in [6, 6.07) is 0. The first-order chi connectivity index (χ1) is 5.38. The summed E-state index contributed by atoms with van der Waals surface area (Å²) >= 11 is 0. The maximum Gasteiger partial charge on any atom is 0.0731 e. The molecule has 0 amide bonds. The Morgan fingerprint density at radius 3 is 2.55 bits per heavy atom. The third kappa shape index (κ3) is 2.43. The summed E-state index contributed by atoms with van der Waals surface area (Å²) in [5.74, 6) is 5.87. The van der Waals surface area contributed by atoms with Crippen molar-refractivity contribution in [2.75, 3.05) is 13.2 Å². The van der Waals surface area contributed by atoms with Crippen molar-refractivity contribution in [3.63, 3.8) is 0 Å². The number of aliphatic hydroxyl groups excluding tert-OH is 1. The van der Waals surface area contributed by atoms with Crippen molar-refractivity contribution in [2.45, 2.75) is 25.7 Å². The maximum atomic E-state index is 8.98. The minimum atomic E-state index is 0.210. The average molecular weight is 159 g/mol. The first-order valence-corrected chi connectivity index (χ1v) is 4.31. The number of aliphatic hydroxyl groups is 1. The highest BCUT2D eigenvalue weighted by molar-refractivity contribution is 4.74. The predicted molar refractivity (Wildman–Crippen MR) is 42.7 cm³/mol. The van der Waals surface area contributed by atoms with Gasteiger partial charge in [0.05, 0.1) is 6.61 Å². The molecule has 1 atom stereocenters. The Hall–Kier alpha value is -0.120. The molecule has 0 spiro atoms. The van der Waals surface area contributed by atoms with Crippen LogP contribution in [0.15, 0.2) is 0 Å². The highest BCUT2D eigenvalue weighted by atomic mass is 16.6. The summed E-state index contributed by atoms with van der Waals surface area (Å²) < 4.78 is 0. The molecule has 1 unspecified atom stereocenters. The molecule has 0 heterocycles. The quantitative estimate of drug-likeness (QED) is 0.593. The lowest BCUT2D eigenvalue weighted by Gasteiger charge is -2.19. The minimum Gasteiger partial charge on any atom is -0.396 e. The van der Waals surface area contributed by atoms with Crippen LogP contribution in [-0.2, 0) is 4.84 Å². The summed E-state index contributed by atoms with van der Waals surface area (Å²) in [6.45, 7) is 0.711. The van der Waals surface area contributed by atoms with E-state index in [0.717, 1.165) is 0 Å². The van der Waals surface area contributed by atoms with Crippen LogP contribution in [0, 0.1) is 11.8 Å². The zero-order valence-corrected chi connectivity index (χ0v) is 6.83. The second-order valence-electron chi connectivity index (χ2n) is 3.32. The SMILES string of the molecule is NOCC(CO)C1CCCC1. The molecular weight excluding hydrogens is 142 g/mol. The molecule has 1 rings (SSSR count). The van der Waals surface area contributed by atoms with Gasteiger partial charge in [-0.1, -0.05) is 25.7 Å². The van der Waals surface area contributed by atoms with E-state index in [1.54, 1.807) is 0 Å². The molecule has 3 heteroatoms. The van der Waals surface area contributed by atoms with Crippen LogP contribution >= 0.6 is 0 Å². The van der Waals surface area contributed by atoms with E-state index in [0.29, 0.717) is 12.5 Å². The van der Waals surface area contributed by atoms with E-state index < -0.39 is 0 Å². The topological polar surface area (TPSA) is 55.5 Å². The van der Waals surface area contributed by atoms with Crippen molar-refractivity contribution in [3.05, 3.63) is 0 Å². The van der Waals surface area contributed by atoms with Gasteiger partial charge in [0, 0.05) is 12.5 Å².